The maximum atomic E-state index is 5.61. The van der Waals surface area contributed by atoms with E-state index >= 15 is 0 Å². The number of benzene rings is 1. The largest absolute Gasteiger partial charge is 0.461 e. The van der Waals surface area contributed by atoms with E-state index in [0.717, 1.165) is 4.90 Å². The SMILES string of the molecule is CSc1ccc(Oc2nc(N)nc(OC(C)C)n2)cc1. The summed E-state index contributed by atoms with van der Waals surface area (Å²) in [5, 5.41) is 0. The number of nitrogens with zero attached hydrogens (tertiary/aromatic N) is 3. The van der Waals surface area contributed by atoms with Crippen molar-refractivity contribution >= 4 is 17.7 Å². The van der Waals surface area contributed by atoms with Gasteiger partial charge >= 0.3 is 12.0 Å². The third-order valence-electron chi connectivity index (χ3n) is 2.22. The molecule has 0 spiro atoms. The molecule has 0 radical (unpaired) electrons. The zero-order valence-corrected chi connectivity index (χ0v) is 12.3. The molecule has 0 aliphatic rings. The minimum Gasteiger partial charge on any atom is -0.461 e. The first-order valence-corrected chi connectivity index (χ1v) is 7.29. The van der Waals surface area contributed by atoms with Gasteiger partial charge in [-0.1, -0.05) is 0 Å². The molecule has 0 amide bonds. The molecule has 1 aromatic carbocycles. The average molecular weight is 292 g/mol. The Labute approximate surface area is 121 Å². The van der Waals surface area contributed by atoms with E-state index in [1.54, 1.807) is 11.8 Å². The van der Waals surface area contributed by atoms with Crippen molar-refractivity contribution in [2.24, 2.45) is 0 Å². The van der Waals surface area contributed by atoms with E-state index in [9.17, 15) is 0 Å². The molecule has 0 aliphatic carbocycles. The summed E-state index contributed by atoms with van der Waals surface area (Å²) in [6.45, 7) is 3.75. The highest BCUT2D eigenvalue weighted by molar-refractivity contribution is 7.98. The Kier molecular flexibility index (Phi) is 4.62. The third kappa shape index (κ3) is 3.99. The molecule has 7 heteroatoms. The van der Waals surface area contributed by atoms with Gasteiger partial charge in [-0.05, 0) is 44.4 Å². The smallest absolute Gasteiger partial charge is 0.330 e. The molecule has 106 valence electrons. The summed E-state index contributed by atoms with van der Waals surface area (Å²) in [6.07, 6.45) is 1.96. The van der Waals surface area contributed by atoms with Crippen molar-refractivity contribution in [3.8, 4) is 17.8 Å². The van der Waals surface area contributed by atoms with Gasteiger partial charge in [-0.2, -0.15) is 9.97 Å². The Hall–Kier alpha value is -2.02. The van der Waals surface area contributed by atoms with Crippen LogP contribution in [0.2, 0.25) is 0 Å². The molecule has 2 N–H and O–H groups in total. The number of hydrogen-bond acceptors (Lipinski definition) is 7. The number of ether oxygens (including phenoxy) is 2. The third-order valence-corrected chi connectivity index (χ3v) is 2.96. The highest BCUT2D eigenvalue weighted by atomic mass is 32.2. The van der Waals surface area contributed by atoms with E-state index in [4.69, 9.17) is 15.2 Å². The maximum Gasteiger partial charge on any atom is 0.330 e. The first-order valence-electron chi connectivity index (χ1n) is 6.07. The van der Waals surface area contributed by atoms with Crippen molar-refractivity contribution in [2.75, 3.05) is 12.0 Å². The molecule has 0 bridgehead atoms. The van der Waals surface area contributed by atoms with Crippen molar-refractivity contribution in [2.45, 2.75) is 24.8 Å². The van der Waals surface area contributed by atoms with E-state index in [2.05, 4.69) is 15.0 Å². The van der Waals surface area contributed by atoms with Gasteiger partial charge in [0.2, 0.25) is 5.95 Å². The lowest BCUT2D eigenvalue weighted by molar-refractivity contribution is 0.219. The van der Waals surface area contributed by atoms with Gasteiger partial charge in [-0.25, -0.2) is 0 Å². The van der Waals surface area contributed by atoms with Crippen molar-refractivity contribution < 1.29 is 9.47 Å². The van der Waals surface area contributed by atoms with E-state index in [1.165, 1.54) is 0 Å². The molecule has 0 aliphatic heterocycles. The average Bonchev–Trinajstić information content (AvgIpc) is 2.38. The Morgan fingerprint density at radius 1 is 1.05 bits per heavy atom. The van der Waals surface area contributed by atoms with Gasteiger partial charge < -0.3 is 15.2 Å². The molecule has 0 saturated carbocycles. The molecule has 0 atom stereocenters. The van der Waals surface area contributed by atoms with Crippen LogP contribution < -0.4 is 15.2 Å². The van der Waals surface area contributed by atoms with Crippen LogP contribution >= 0.6 is 11.8 Å². The second-order valence-electron chi connectivity index (χ2n) is 4.20. The van der Waals surface area contributed by atoms with Crippen LogP contribution in [0.4, 0.5) is 5.95 Å². The summed E-state index contributed by atoms with van der Waals surface area (Å²) in [5.41, 5.74) is 5.61. The van der Waals surface area contributed by atoms with Crippen molar-refractivity contribution in [3.05, 3.63) is 24.3 Å². The second-order valence-corrected chi connectivity index (χ2v) is 5.08. The summed E-state index contributed by atoms with van der Waals surface area (Å²) >= 11 is 1.66. The lowest BCUT2D eigenvalue weighted by Crippen LogP contribution is -2.10. The Morgan fingerprint density at radius 3 is 2.30 bits per heavy atom. The molecule has 6 nitrogen and oxygen atoms in total. The van der Waals surface area contributed by atoms with Crippen LogP contribution in [-0.4, -0.2) is 27.3 Å². The van der Waals surface area contributed by atoms with Gasteiger partial charge in [0.05, 0.1) is 6.10 Å². The van der Waals surface area contributed by atoms with E-state index in [-0.39, 0.29) is 24.1 Å². The maximum absolute atomic E-state index is 5.61. The highest BCUT2D eigenvalue weighted by Gasteiger charge is 2.09. The lowest BCUT2D eigenvalue weighted by Gasteiger charge is -2.09. The number of hydrogen-bond donors (Lipinski definition) is 1. The van der Waals surface area contributed by atoms with Crippen LogP contribution in [0.1, 0.15) is 13.8 Å². The van der Waals surface area contributed by atoms with Crippen LogP contribution in [0.15, 0.2) is 29.2 Å². The topological polar surface area (TPSA) is 83.2 Å². The van der Waals surface area contributed by atoms with Crippen LogP contribution in [0.5, 0.6) is 17.8 Å². The molecular weight excluding hydrogens is 276 g/mol. The molecule has 1 heterocycles. The molecule has 2 rings (SSSR count). The van der Waals surface area contributed by atoms with Gasteiger partial charge in [-0.15, -0.1) is 16.7 Å². The van der Waals surface area contributed by atoms with Gasteiger partial charge in [0, 0.05) is 4.90 Å². The van der Waals surface area contributed by atoms with Crippen molar-refractivity contribution in [3.63, 3.8) is 0 Å². The van der Waals surface area contributed by atoms with Gasteiger partial charge in [0.15, 0.2) is 0 Å². The first-order chi connectivity index (χ1) is 9.56. The van der Waals surface area contributed by atoms with Crippen molar-refractivity contribution in [1.82, 2.24) is 15.0 Å². The molecule has 2 aromatic rings. The van der Waals surface area contributed by atoms with Crippen LogP contribution in [0.25, 0.3) is 0 Å². The summed E-state index contributed by atoms with van der Waals surface area (Å²) in [4.78, 5) is 13.0. The summed E-state index contributed by atoms with van der Waals surface area (Å²) in [7, 11) is 0. The fourth-order valence-electron chi connectivity index (χ4n) is 1.41. The van der Waals surface area contributed by atoms with E-state index in [0.29, 0.717) is 5.75 Å². The molecule has 1 aromatic heterocycles. The standard InChI is InChI=1S/C13H16N4O2S/c1-8(2)18-12-15-11(14)16-13(17-12)19-9-4-6-10(20-3)7-5-9/h4-8H,1-3H3,(H2,14,15,16,17). The van der Waals surface area contributed by atoms with E-state index < -0.39 is 0 Å². The number of nitrogens with two attached hydrogens (primary N) is 1. The predicted molar refractivity (Wildman–Crippen MR) is 78.3 cm³/mol. The highest BCUT2D eigenvalue weighted by Crippen LogP contribution is 2.23. The van der Waals surface area contributed by atoms with Crippen LogP contribution in [0.3, 0.4) is 0 Å². The van der Waals surface area contributed by atoms with Gasteiger partial charge in [0.25, 0.3) is 0 Å². The predicted octanol–water partition coefficient (Wildman–Crippen LogP) is 2.76. The fraction of sp³-hybridized carbons (Fsp3) is 0.308. The Balaban J connectivity index is 2.17. The Morgan fingerprint density at radius 2 is 1.70 bits per heavy atom. The normalized spacial score (nSPS) is 10.6. The summed E-state index contributed by atoms with van der Waals surface area (Å²) in [6, 6.07) is 7.86. The first kappa shape index (κ1) is 14.4. The molecular formula is C13H16N4O2S. The lowest BCUT2D eigenvalue weighted by atomic mass is 10.3. The molecule has 0 fully saturated rings. The molecule has 20 heavy (non-hydrogen) atoms. The Bertz CT molecular complexity index is 575. The number of rotatable bonds is 5. The van der Waals surface area contributed by atoms with Crippen LogP contribution in [-0.2, 0) is 0 Å². The number of anilines is 1. The molecule has 0 saturated heterocycles. The monoisotopic (exact) mass is 292 g/mol. The summed E-state index contributed by atoms with van der Waals surface area (Å²) < 4.78 is 10.9. The minimum absolute atomic E-state index is 0.0505. The van der Waals surface area contributed by atoms with E-state index in [1.807, 2.05) is 44.4 Å². The summed E-state index contributed by atoms with van der Waals surface area (Å²) in [5.74, 6) is 0.690. The van der Waals surface area contributed by atoms with Crippen LogP contribution in [0, 0.1) is 0 Å². The molecule has 0 unspecified atom stereocenters. The zero-order chi connectivity index (χ0) is 14.5. The van der Waals surface area contributed by atoms with Gasteiger partial charge in [-0.3, -0.25) is 0 Å². The number of thioether (sulfide) groups is 1. The second kappa shape index (κ2) is 6.42. The zero-order valence-electron chi connectivity index (χ0n) is 11.5. The van der Waals surface area contributed by atoms with Gasteiger partial charge in [0.1, 0.15) is 5.75 Å². The minimum atomic E-state index is -0.0505. The fourth-order valence-corrected chi connectivity index (χ4v) is 1.82. The number of nitrogen functional groups attached to an aromatic ring is 1. The quantitative estimate of drug-likeness (QED) is 0.848. The number of aromatic nitrogens is 3. The van der Waals surface area contributed by atoms with Crippen molar-refractivity contribution in [1.29, 1.82) is 0 Å².